The van der Waals surface area contributed by atoms with Gasteiger partial charge in [-0.2, -0.15) is 0 Å². The molecule has 0 aliphatic carbocycles. The Labute approximate surface area is 273 Å². The molecule has 262 valence electrons. The third kappa shape index (κ3) is 9.27. The Morgan fingerprint density at radius 1 is 1.09 bits per heavy atom. The quantitative estimate of drug-likeness (QED) is 0.327. The van der Waals surface area contributed by atoms with E-state index in [0.717, 1.165) is 38.9 Å². The number of ether oxygens (including phenoxy) is 4. The second kappa shape index (κ2) is 15.8. The molecule has 3 aliphatic heterocycles. The number of rotatable bonds is 7. The van der Waals surface area contributed by atoms with Crippen molar-refractivity contribution in [3.8, 4) is 0 Å². The number of cyclic esters (lactones) is 1. The number of Topliss-reactive ketones (excluding diaryl/α,β-unsaturated/α-hetero) is 1. The topological polar surface area (TPSA) is 101 Å². The van der Waals surface area contributed by atoms with Crippen molar-refractivity contribution >= 4 is 11.8 Å². The van der Waals surface area contributed by atoms with E-state index < -0.39 is 41.4 Å². The number of esters is 1. The molecule has 0 spiro atoms. The summed E-state index contributed by atoms with van der Waals surface area (Å²) in [5.74, 6) is -0.803. The number of aliphatic hydroxyl groups excluding tert-OH is 1. The van der Waals surface area contributed by atoms with Crippen LogP contribution in [0.3, 0.4) is 0 Å². The molecule has 0 aromatic carbocycles. The number of carbonyl (C=O) groups is 2. The Bertz CT molecular complexity index is 969. The number of likely N-dealkylation sites (tertiary alicyclic amines) is 1. The fraction of sp³-hybridized carbons (Fsp3) is 0.943. The lowest BCUT2D eigenvalue weighted by atomic mass is 9.74. The second-order valence-electron chi connectivity index (χ2n) is 15.7. The highest BCUT2D eigenvalue weighted by atomic mass is 16.7. The maximum Gasteiger partial charge on any atom is 0.319 e. The third-order valence-corrected chi connectivity index (χ3v) is 11.0. The van der Waals surface area contributed by atoms with Crippen LogP contribution in [0, 0.1) is 23.2 Å². The minimum Gasteiger partial charge on any atom is -0.463 e. The molecule has 10 heteroatoms. The van der Waals surface area contributed by atoms with Gasteiger partial charge < -0.3 is 33.9 Å². The number of aliphatic hydroxyl groups is 1. The summed E-state index contributed by atoms with van der Waals surface area (Å²) < 4.78 is 25.0. The van der Waals surface area contributed by atoms with Crippen LogP contribution in [0.5, 0.6) is 0 Å². The molecule has 3 fully saturated rings. The first kappa shape index (κ1) is 38.3. The summed E-state index contributed by atoms with van der Waals surface area (Å²) in [5.41, 5.74) is -2.30. The molecular formula is C35H65N3O7. The van der Waals surface area contributed by atoms with Gasteiger partial charge in [0.15, 0.2) is 12.1 Å². The van der Waals surface area contributed by atoms with Crippen LogP contribution < -0.4 is 0 Å². The smallest absolute Gasteiger partial charge is 0.319 e. The van der Waals surface area contributed by atoms with Crippen LogP contribution >= 0.6 is 0 Å². The van der Waals surface area contributed by atoms with E-state index in [9.17, 15) is 14.7 Å². The van der Waals surface area contributed by atoms with Crippen LogP contribution in [0.1, 0.15) is 87.5 Å². The van der Waals surface area contributed by atoms with E-state index in [-0.39, 0.29) is 36.5 Å². The fourth-order valence-corrected chi connectivity index (χ4v) is 7.93. The highest BCUT2D eigenvalue weighted by Gasteiger charge is 2.51. The van der Waals surface area contributed by atoms with Gasteiger partial charge in [0.1, 0.15) is 18.1 Å². The lowest BCUT2D eigenvalue weighted by Crippen LogP contribution is -2.59. The Balaban J connectivity index is 1.91. The van der Waals surface area contributed by atoms with Gasteiger partial charge in [-0.05, 0) is 120 Å². The predicted molar refractivity (Wildman–Crippen MR) is 176 cm³/mol. The summed E-state index contributed by atoms with van der Waals surface area (Å²) in [5, 5.41) is 11.3. The molecular weight excluding hydrogens is 574 g/mol. The molecule has 3 aliphatic rings. The molecule has 10 nitrogen and oxygen atoms in total. The summed E-state index contributed by atoms with van der Waals surface area (Å²) in [6.45, 7) is 18.9. The molecule has 0 radical (unpaired) electrons. The summed E-state index contributed by atoms with van der Waals surface area (Å²) in [4.78, 5) is 34.7. The van der Waals surface area contributed by atoms with Gasteiger partial charge in [-0.1, -0.05) is 13.8 Å². The van der Waals surface area contributed by atoms with E-state index in [1.165, 1.54) is 0 Å². The summed E-state index contributed by atoms with van der Waals surface area (Å²) in [6, 6.07) is 0.436. The summed E-state index contributed by atoms with van der Waals surface area (Å²) in [6.07, 6.45) is 1.69. The standard InChI is InChI=1S/C35H65N3O7/c1-22(2)38-15-13-26(14-16-38)18-27-21-43-33(41)34(6,7)30(40)25(5)31(35(8,42-12)19-23(3)20-37(27)11)45-32-29(39)28(36(9)10)17-24(4)44-32/h22-29,31-32,39H,13-21H2,1-12H3/t23-,24-,25+,27+,28+,29-,31-,32+,35-/m1/s1. The van der Waals surface area contributed by atoms with Crippen LogP contribution in [0.4, 0.5) is 0 Å². The van der Waals surface area contributed by atoms with Crippen molar-refractivity contribution in [1.82, 2.24) is 14.7 Å². The summed E-state index contributed by atoms with van der Waals surface area (Å²) >= 11 is 0. The van der Waals surface area contributed by atoms with E-state index in [1.807, 2.05) is 32.8 Å². The highest BCUT2D eigenvalue weighted by Crippen LogP contribution is 2.38. The molecule has 3 heterocycles. The molecule has 9 atom stereocenters. The number of methoxy groups -OCH3 is 1. The van der Waals surface area contributed by atoms with Crippen molar-refractivity contribution in [2.24, 2.45) is 23.2 Å². The molecule has 1 N–H and O–H groups in total. The first-order valence-corrected chi connectivity index (χ1v) is 17.3. The van der Waals surface area contributed by atoms with Crippen LogP contribution in [0.25, 0.3) is 0 Å². The predicted octanol–water partition coefficient (Wildman–Crippen LogP) is 3.83. The Morgan fingerprint density at radius 2 is 1.71 bits per heavy atom. The zero-order valence-electron chi connectivity index (χ0n) is 30.4. The van der Waals surface area contributed by atoms with E-state index in [4.69, 9.17) is 18.9 Å². The molecule has 0 saturated carbocycles. The van der Waals surface area contributed by atoms with Crippen molar-refractivity contribution in [3.63, 3.8) is 0 Å². The normalized spacial score (nSPS) is 38.9. The van der Waals surface area contributed by atoms with Gasteiger partial charge in [-0.15, -0.1) is 0 Å². The number of carbonyl (C=O) groups excluding carboxylic acids is 2. The number of nitrogens with zero attached hydrogens (tertiary/aromatic N) is 3. The first-order chi connectivity index (χ1) is 20.9. The van der Waals surface area contributed by atoms with Crippen LogP contribution in [0.15, 0.2) is 0 Å². The van der Waals surface area contributed by atoms with Gasteiger partial charge >= 0.3 is 5.97 Å². The third-order valence-electron chi connectivity index (χ3n) is 11.0. The molecule has 0 bridgehead atoms. The van der Waals surface area contributed by atoms with E-state index in [2.05, 4.69) is 37.6 Å². The SMILES string of the molecule is CO[C@]1(C)C[C@@H](C)CN(C)[C@@H](CC2CCN(C(C)C)CC2)COC(=O)C(C)(C)C(=O)[C@H](C)[C@H]1O[C@@H]1O[C@H](C)C[C@H](N(C)C)[C@H]1O. The van der Waals surface area contributed by atoms with Crippen molar-refractivity contribution < 1.29 is 33.6 Å². The minimum atomic E-state index is -1.40. The average Bonchev–Trinajstić information content (AvgIpc) is 2.97. The van der Waals surface area contributed by atoms with Gasteiger partial charge in [0.2, 0.25) is 0 Å². The van der Waals surface area contributed by atoms with E-state index in [0.29, 0.717) is 24.8 Å². The second-order valence-corrected chi connectivity index (χ2v) is 15.7. The Kier molecular flexibility index (Phi) is 13.5. The van der Waals surface area contributed by atoms with Crippen molar-refractivity contribution in [2.45, 2.75) is 136 Å². The number of piperidine rings is 1. The van der Waals surface area contributed by atoms with Crippen LogP contribution in [-0.2, 0) is 28.5 Å². The average molecular weight is 640 g/mol. The maximum atomic E-state index is 14.2. The van der Waals surface area contributed by atoms with E-state index in [1.54, 1.807) is 27.9 Å². The highest BCUT2D eigenvalue weighted by molar-refractivity contribution is 6.04. The van der Waals surface area contributed by atoms with Gasteiger partial charge in [-0.25, -0.2) is 0 Å². The largest absolute Gasteiger partial charge is 0.463 e. The lowest BCUT2D eigenvalue weighted by Gasteiger charge is -2.47. The Hall–Kier alpha value is -1.14. The minimum absolute atomic E-state index is 0.0483. The molecule has 0 amide bonds. The fourth-order valence-electron chi connectivity index (χ4n) is 7.93. The number of likely N-dealkylation sites (N-methyl/N-ethyl adjacent to an activating group) is 2. The van der Waals surface area contributed by atoms with Crippen molar-refractivity contribution in [3.05, 3.63) is 0 Å². The molecule has 0 aromatic heterocycles. The van der Waals surface area contributed by atoms with Crippen LogP contribution in [-0.4, -0.2) is 134 Å². The van der Waals surface area contributed by atoms with Gasteiger partial charge in [0.25, 0.3) is 0 Å². The van der Waals surface area contributed by atoms with Crippen molar-refractivity contribution in [2.75, 3.05) is 54.5 Å². The maximum absolute atomic E-state index is 14.2. The zero-order chi connectivity index (χ0) is 33.9. The van der Waals surface area contributed by atoms with Gasteiger partial charge in [-0.3, -0.25) is 14.5 Å². The van der Waals surface area contributed by atoms with Crippen molar-refractivity contribution in [1.29, 1.82) is 0 Å². The molecule has 3 rings (SSSR count). The first-order valence-electron chi connectivity index (χ1n) is 17.3. The van der Waals surface area contributed by atoms with Crippen LogP contribution in [0.2, 0.25) is 0 Å². The van der Waals surface area contributed by atoms with E-state index >= 15 is 0 Å². The molecule has 0 aromatic rings. The number of hydrogen-bond donors (Lipinski definition) is 1. The lowest BCUT2D eigenvalue weighted by molar-refractivity contribution is -0.295. The monoisotopic (exact) mass is 639 g/mol. The molecule has 3 saturated heterocycles. The molecule has 45 heavy (non-hydrogen) atoms. The summed E-state index contributed by atoms with van der Waals surface area (Å²) in [7, 11) is 7.63. The van der Waals surface area contributed by atoms with Gasteiger partial charge in [0, 0.05) is 37.7 Å². The molecule has 0 unspecified atom stereocenters. The van der Waals surface area contributed by atoms with Gasteiger partial charge in [0.05, 0.1) is 17.8 Å². The number of ketones is 1. The number of hydrogen-bond acceptors (Lipinski definition) is 10. The zero-order valence-corrected chi connectivity index (χ0v) is 30.4. The Morgan fingerprint density at radius 3 is 2.27 bits per heavy atom.